The molecule has 1 heterocycles. The van der Waals surface area contributed by atoms with Crippen LogP contribution in [0.2, 0.25) is 5.02 Å². The number of amidine groups is 2. The van der Waals surface area contributed by atoms with E-state index in [0.717, 1.165) is 33.8 Å². The Morgan fingerprint density at radius 3 is 2.62 bits per heavy atom. The highest BCUT2D eigenvalue weighted by molar-refractivity contribution is 6.31. The van der Waals surface area contributed by atoms with Crippen molar-refractivity contribution in [3.05, 3.63) is 88.4 Å². The number of hydrogen-bond acceptors (Lipinski definition) is 5. The number of nitrogens with zero attached hydrogens (tertiary/aromatic N) is 2. The summed E-state index contributed by atoms with van der Waals surface area (Å²) < 4.78 is 6.09. The lowest BCUT2D eigenvalue weighted by Gasteiger charge is -2.24. The van der Waals surface area contributed by atoms with E-state index < -0.39 is 0 Å². The molecule has 3 aromatic rings. The fourth-order valence-corrected chi connectivity index (χ4v) is 3.79. The second-order valence-electron chi connectivity index (χ2n) is 7.46. The summed E-state index contributed by atoms with van der Waals surface area (Å²) in [6.45, 7) is 2.27. The Morgan fingerprint density at radius 2 is 1.91 bits per heavy atom. The van der Waals surface area contributed by atoms with Crippen LogP contribution in [0.15, 0.2) is 71.7 Å². The monoisotopic (exact) mass is 445 g/mol. The molecule has 1 aliphatic heterocycles. The maximum absolute atomic E-state index is 8.44. The SMILES string of the molecule is CNc1cccc(COc2ccc3c(c2)C(c2ccc(Cl)cc2)=NCC(=N)N3C(C)=N)c1. The van der Waals surface area contributed by atoms with Gasteiger partial charge in [-0.25, -0.2) is 0 Å². The van der Waals surface area contributed by atoms with Gasteiger partial charge < -0.3 is 10.1 Å². The molecule has 32 heavy (non-hydrogen) atoms. The van der Waals surface area contributed by atoms with Gasteiger partial charge in [0.05, 0.1) is 17.9 Å². The molecular weight excluding hydrogens is 422 g/mol. The third-order valence-electron chi connectivity index (χ3n) is 5.20. The largest absolute Gasteiger partial charge is 0.489 e. The molecule has 0 atom stereocenters. The summed E-state index contributed by atoms with van der Waals surface area (Å²) in [5.74, 6) is 1.21. The second-order valence-corrected chi connectivity index (χ2v) is 7.89. The average Bonchev–Trinajstić information content (AvgIpc) is 2.94. The van der Waals surface area contributed by atoms with Crippen molar-refractivity contribution in [2.24, 2.45) is 4.99 Å². The topological polar surface area (TPSA) is 84.6 Å². The van der Waals surface area contributed by atoms with Crippen molar-refractivity contribution in [3.63, 3.8) is 0 Å². The molecule has 3 N–H and O–H groups in total. The van der Waals surface area contributed by atoms with E-state index in [4.69, 9.17) is 32.1 Å². The van der Waals surface area contributed by atoms with Crippen LogP contribution in [-0.2, 0) is 6.61 Å². The summed E-state index contributed by atoms with van der Waals surface area (Å²) >= 11 is 6.08. The van der Waals surface area contributed by atoms with Gasteiger partial charge in [-0.05, 0) is 55.0 Å². The van der Waals surface area contributed by atoms with Gasteiger partial charge in [-0.1, -0.05) is 35.9 Å². The minimum atomic E-state index is 0.176. The van der Waals surface area contributed by atoms with E-state index in [1.165, 1.54) is 0 Å². The number of aliphatic imine (C=N–C) groups is 1. The van der Waals surface area contributed by atoms with Gasteiger partial charge in [0.15, 0.2) is 0 Å². The Balaban J connectivity index is 1.73. The maximum atomic E-state index is 8.44. The van der Waals surface area contributed by atoms with Crippen molar-refractivity contribution in [1.82, 2.24) is 0 Å². The summed E-state index contributed by atoms with van der Waals surface area (Å²) in [6.07, 6.45) is 0. The predicted octanol–water partition coefficient (Wildman–Crippen LogP) is 5.59. The molecule has 7 heteroatoms. The molecule has 0 saturated heterocycles. The fraction of sp³-hybridized carbons (Fsp3) is 0.160. The molecule has 0 spiro atoms. The van der Waals surface area contributed by atoms with E-state index >= 15 is 0 Å². The van der Waals surface area contributed by atoms with E-state index in [0.29, 0.717) is 17.4 Å². The Kier molecular flexibility index (Phi) is 6.23. The zero-order chi connectivity index (χ0) is 22.7. The van der Waals surface area contributed by atoms with E-state index in [-0.39, 0.29) is 18.2 Å². The van der Waals surface area contributed by atoms with Gasteiger partial charge in [0.2, 0.25) is 0 Å². The van der Waals surface area contributed by atoms with Crippen molar-refractivity contribution in [2.75, 3.05) is 23.8 Å². The van der Waals surface area contributed by atoms with Crippen molar-refractivity contribution in [2.45, 2.75) is 13.5 Å². The van der Waals surface area contributed by atoms with Crippen molar-refractivity contribution in [1.29, 1.82) is 10.8 Å². The first-order valence-corrected chi connectivity index (χ1v) is 10.6. The molecule has 4 rings (SSSR count). The van der Waals surface area contributed by atoms with E-state index in [1.54, 1.807) is 11.8 Å². The third kappa shape index (κ3) is 4.50. The zero-order valence-electron chi connectivity index (χ0n) is 17.9. The van der Waals surface area contributed by atoms with Gasteiger partial charge in [0.1, 0.15) is 24.0 Å². The normalized spacial score (nSPS) is 13.2. The average molecular weight is 446 g/mol. The molecule has 1 aliphatic rings. The number of rotatable bonds is 5. The van der Waals surface area contributed by atoms with Crippen molar-refractivity contribution in [3.8, 4) is 5.75 Å². The number of fused-ring (bicyclic) bond motifs is 1. The molecule has 0 aromatic heterocycles. The number of hydrogen-bond donors (Lipinski definition) is 3. The Labute approximate surface area is 192 Å². The Morgan fingerprint density at radius 1 is 1.12 bits per heavy atom. The smallest absolute Gasteiger partial charge is 0.128 e. The number of benzodiazepines with no additional fused rings is 1. The summed E-state index contributed by atoms with van der Waals surface area (Å²) in [5, 5.41) is 20.4. The zero-order valence-corrected chi connectivity index (χ0v) is 18.7. The molecule has 0 radical (unpaired) electrons. The van der Waals surface area contributed by atoms with Crippen LogP contribution in [0.1, 0.15) is 23.6 Å². The molecular formula is C25H24ClN5O. The number of anilines is 2. The summed E-state index contributed by atoms with van der Waals surface area (Å²) in [6, 6.07) is 21.2. The first-order valence-electron chi connectivity index (χ1n) is 10.2. The van der Waals surface area contributed by atoms with Gasteiger partial charge in [-0.2, -0.15) is 0 Å². The molecule has 0 fully saturated rings. The lowest BCUT2D eigenvalue weighted by atomic mass is 9.99. The van der Waals surface area contributed by atoms with E-state index in [2.05, 4.69) is 5.32 Å². The van der Waals surface area contributed by atoms with Gasteiger partial charge in [0, 0.05) is 28.9 Å². The highest BCUT2D eigenvalue weighted by atomic mass is 35.5. The molecule has 0 saturated carbocycles. The minimum absolute atomic E-state index is 0.176. The highest BCUT2D eigenvalue weighted by Crippen LogP contribution is 2.31. The van der Waals surface area contributed by atoms with Crippen LogP contribution in [0, 0.1) is 10.8 Å². The molecule has 6 nitrogen and oxygen atoms in total. The maximum Gasteiger partial charge on any atom is 0.128 e. The summed E-state index contributed by atoms with van der Waals surface area (Å²) in [7, 11) is 1.89. The first-order chi connectivity index (χ1) is 15.5. The van der Waals surface area contributed by atoms with Crippen LogP contribution >= 0.6 is 11.6 Å². The third-order valence-corrected chi connectivity index (χ3v) is 5.45. The Hall–Kier alpha value is -3.64. The molecule has 3 aromatic carbocycles. The van der Waals surface area contributed by atoms with Crippen molar-refractivity contribution < 1.29 is 4.74 Å². The standard InChI is InChI=1S/C25H24ClN5O/c1-16(27)31-23-11-10-21(32-15-17-4-3-5-20(12-17)29-2)13-22(23)25(30-14-24(31)28)18-6-8-19(26)9-7-18/h3-13,27-29H,14-15H2,1-2H3. The molecule has 0 aliphatic carbocycles. The second kappa shape index (κ2) is 9.24. The predicted molar refractivity (Wildman–Crippen MR) is 132 cm³/mol. The lowest BCUT2D eigenvalue weighted by Crippen LogP contribution is -2.35. The number of halogens is 1. The number of nitrogens with one attached hydrogen (secondary N) is 3. The number of ether oxygens (including phenoxy) is 1. The summed E-state index contributed by atoms with van der Waals surface area (Å²) in [4.78, 5) is 6.32. The van der Waals surface area contributed by atoms with Crippen LogP contribution in [0.5, 0.6) is 5.75 Å². The van der Waals surface area contributed by atoms with Crippen LogP contribution in [-0.4, -0.2) is 31.0 Å². The first kappa shape index (κ1) is 21.6. The number of benzene rings is 3. The molecule has 0 bridgehead atoms. The minimum Gasteiger partial charge on any atom is -0.489 e. The summed E-state index contributed by atoms with van der Waals surface area (Å²) in [5.41, 5.74) is 5.26. The Bertz CT molecular complexity index is 1200. The fourth-order valence-electron chi connectivity index (χ4n) is 3.67. The van der Waals surface area contributed by atoms with Crippen LogP contribution in [0.3, 0.4) is 0 Å². The van der Waals surface area contributed by atoms with E-state index in [1.807, 2.05) is 73.8 Å². The van der Waals surface area contributed by atoms with Gasteiger partial charge in [-0.15, -0.1) is 0 Å². The lowest BCUT2D eigenvalue weighted by molar-refractivity contribution is 0.306. The highest BCUT2D eigenvalue weighted by Gasteiger charge is 2.25. The van der Waals surface area contributed by atoms with Crippen LogP contribution in [0.25, 0.3) is 0 Å². The van der Waals surface area contributed by atoms with Crippen LogP contribution in [0.4, 0.5) is 11.4 Å². The van der Waals surface area contributed by atoms with Gasteiger partial charge in [-0.3, -0.25) is 20.7 Å². The van der Waals surface area contributed by atoms with Crippen molar-refractivity contribution >= 4 is 40.4 Å². The van der Waals surface area contributed by atoms with Crippen LogP contribution < -0.4 is 15.0 Å². The van der Waals surface area contributed by atoms with Gasteiger partial charge >= 0.3 is 0 Å². The molecule has 0 unspecified atom stereocenters. The quantitative estimate of drug-likeness (QED) is 0.353. The van der Waals surface area contributed by atoms with Gasteiger partial charge in [0.25, 0.3) is 0 Å². The molecule has 0 amide bonds. The van der Waals surface area contributed by atoms with E-state index in [9.17, 15) is 0 Å². The molecule has 162 valence electrons.